The topological polar surface area (TPSA) is 52.6 Å². The van der Waals surface area contributed by atoms with Crippen molar-refractivity contribution in [1.82, 2.24) is 10.2 Å². The SMILES string of the molecule is CC(C)NC1CCCN(CC2(CO)CC2)C1=O. The monoisotopic (exact) mass is 240 g/mol. The van der Waals surface area contributed by atoms with Crippen LogP contribution < -0.4 is 5.32 Å². The number of hydrogen-bond donors (Lipinski definition) is 2. The number of piperidine rings is 1. The Morgan fingerprint density at radius 3 is 2.76 bits per heavy atom. The van der Waals surface area contributed by atoms with E-state index in [2.05, 4.69) is 19.2 Å². The number of rotatable bonds is 5. The normalized spacial score (nSPS) is 27.6. The van der Waals surface area contributed by atoms with Gasteiger partial charge in [0.25, 0.3) is 0 Å². The Morgan fingerprint density at radius 1 is 1.53 bits per heavy atom. The zero-order chi connectivity index (χ0) is 12.5. The summed E-state index contributed by atoms with van der Waals surface area (Å²) in [5.74, 6) is 0.227. The second kappa shape index (κ2) is 4.94. The van der Waals surface area contributed by atoms with Gasteiger partial charge in [-0.15, -0.1) is 0 Å². The Bertz CT molecular complexity index is 287. The van der Waals surface area contributed by atoms with Gasteiger partial charge in [-0.25, -0.2) is 0 Å². The number of nitrogens with one attached hydrogen (secondary N) is 1. The van der Waals surface area contributed by atoms with Gasteiger partial charge >= 0.3 is 0 Å². The first-order chi connectivity index (χ1) is 8.06. The Morgan fingerprint density at radius 2 is 2.24 bits per heavy atom. The maximum Gasteiger partial charge on any atom is 0.239 e. The lowest BCUT2D eigenvalue weighted by Gasteiger charge is -2.35. The predicted molar refractivity (Wildman–Crippen MR) is 66.6 cm³/mol. The number of carbonyl (C=O) groups excluding carboxylic acids is 1. The van der Waals surface area contributed by atoms with Crippen molar-refractivity contribution in [3.8, 4) is 0 Å². The van der Waals surface area contributed by atoms with Crippen LogP contribution in [-0.2, 0) is 4.79 Å². The van der Waals surface area contributed by atoms with Crippen LogP contribution >= 0.6 is 0 Å². The van der Waals surface area contributed by atoms with E-state index in [1.165, 1.54) is 0 Å². The molecule has 0 spiro atoms. The third kappa shape index (κ3) is 2.99. The van der Waals surface area contributed by atoms with E-state index in [9.17, 15) is 9.90 Å². The average molecular weight is 240 g/mol. The number of aliphatic hydroxyl groups excluding tert-OH is 1. The summed E-state index contributed by atoms with van der Waals surface area (Å²) in [7, 11) is 0. The highest BCUT2D eigenvalue weighted by Gasteiger charge is 2.45. The molecule has 17 heavy (non-hydrogen) atoms. The summed E-state index contributed by atoms with van der Waals surface area (Å²) in [6, 6.07) is 0.329. The fraction of sp³-hybridized carbons (Fsp3) is 0.923. The summed E-state index contributed by atoms with van der Waals surface area (Å²) in [6.07, 6.45) is 4.14. The average Bonchev–Trinajstić information content (AvgIpc) is 3.04. The molecule has 1 saturated carbocycles. The molecule has 1 aliphatic heterocycles. The number of amides is 1. The van der Waals surface area contributed by atoms with E-state index >= 15 is 0 Å². The van der Waals surface area contributed by atoms with Crippen LogP contribution in [0.5, 0.6) is 0 Å². The molecule has 1 unspecified atom stereocenters. The summed E-state index contributed by atoms with van der Waals surface area (Å²) < 4.78 is 0. The van der Waals surface area contributed by atoms with Gasteiger partial charge < -0.3 is 15.3 Å². The van der Waals surface area contributed by atoms with Crippen LogP contribution in [0.4, 0.5) is 0 Å². The minimum absolute atomic E-state index is 0.0155. The minimum atomic E-state index is -0.0155. The van der Waals surface area contributed by atoms with Crippen molar-refractivity contribution in [1.29, 1.82) is 0 Å². The van der Waals surface area contributed by atoms with Crippen molar-refractivity contribution in [3.63, 3.8) is 0 Å². The van der Waals surface area contributed by atoms with E-state index in [4.69, 9.17) is 0 Å². The predicted octanol–water partition coefficient (Wildman–Crippen LogP) is 0.748. The molecule has 1 saturated heterocycles. The van der Waals surface area contributed by atoms with Gasteiger partial charge in [0.1, 0.15) is 0 Å². The quantitative estimate of drug-likeness (QED) is 0.745. The summed E-state index contributed by atoms with van der Waals surface area (Å²) in [6.45, 7) is 5.97. The van der Waals surface area contributed by atoms with Crippen molar-refractivity contribution >= 4 is 5.91 Å². The molecule has 0 aromatic rings. The molecule has 98 valence electrons. The molecule has 1 atom stereocenters. The summed E-state index contributed by atoms with van der Waals surface area (Å²) in [4.78, 5) is 14.2. The molecule has 4 heteroatoms. The van der Waals surface area contributed by atoms with Crippen molar-refractivity contribution in [2.24, 2.45) is 5.41 Å². The molecule has 2 N–H and O–H groups in total. The molecule has 1 amide bonds. The van der Waals surface area contributed by atoms with E-state index in [1.54, 1.807) is 0 Å². The number of aliphatic hydroxyl groups is 1. The Balaban J connectivity index is 1.92. The Hall–Kier alpha value is -0.610. The van der Waals surface area contributed by atoms with Crippen LogP contribution in [0.15, 0.2) is 0 Å². The van der Waals surface area contributed by atoms with Gasteiger partial charge in [-0.2, -0.15) is 0 Å². The van der Waals surface area contributed by atoms with E-state index in [0.717, 1.165) is 38.8 Å². The van der Waals surface area contributed by atoms with Crippen LogP contribution in [0.25, 0.3) is 0 Å². The van der Waals surface area contributed by atoms with E-state index in [-0.39, 0.29) is 24.0 Å². The second-order valence-corrected chi connectivity index (χ2v) is 5.93. The van der Waals surface area contributed by atoms with Crippen LogP contribution in [0.2, 0.25) is 0 Å². The highest BCUT2D eigenvalue weighted by atomic mass is 16.3. The zero-order valence-corrected chi connectivity index (χ0v) is 10.9. The minimum Gasteiger partial charge on any atom is -0.396 e. The summed E-state index contributed by atoms with van der Waals surface area (Å²) >= 11 is 0. The Kier molecular flexibility index (Phi) is 3.73. The molecule has 0 aromatic heterocycles. The molecule has 4 nitrogen and oxygen atoms in total. The second-order valence-electron chi connectivity index (χ2n) is 5.93. The molecule has 2 aliphatic rings. The molecule has 0 radical (unpaired) electrons. The van der Waals surface area contributed by atoms with E-state index < -0.39 is 0 Å². The van der Waals surface area contributed by atoms with Gasteiger partial charge in [0.15, 0.2) is 0 Å². The largest absolute Gasteiger partial charge is 0.396 e. The molecule has 0 aromatic carbocycles. The van der Waals surface area contributed by atoms with Crippen molar-refractivity contribution in [2.45, 2.75) is 51.6 Å². The summed E-state index contributed by atoms with van der Waals surface area (Å²) in [5.41, 5.74) is 0.0371. The van der Waals surface area contributed by atoms with Crippen LogP contribution in [0.1, 0.15) is 39.5 Å². The Labute approximate surface area is 103 Å². The van der Waals surface area contributed by atoms with Gasteiger partial charge in [-0.1, -0.05) is 13.8 Å². The number of nitrogens with zero attached hydrogens (tertiary/aromatic N) is 1. The zero-order valence-electron chi connectivity index (χ0n) is 10.9. The third-order valence-electron chi connectivity index (χ3n) is 3.88. The maximum atomic E-state index is 12.3. The molecule has 0 bridgehead atoms. The van der Waals surface area contributed by atoms with Gasteiger partial charge in [0, 0.05) is 24.5 Å². The molecule has 2 fully saturated rings. The molecular formula is C13H24N2O2. The lowest BCUT2D eigenvalue weighted by molar-refractivity contribution is -0.137. The highest BCUT2D eigenvalue weighted by Crippen LogP contribution is 2.46. The number of hydrogen-bond acceptors (Lipinski definition) is 3. The standard InChI is InChI=1S/C13H24N2O2/c1-10(2)14-11-4-3-7-15(12(11)17)8-13(9-16)5-6-13/h10-11,14,16H,3-9H2,1-2H3. The van der Waals surface area contributed by atoms with Crippen LogP contribution in [-0.4, -0.2) is 47.7 Å². The molecule has 1 heterocycles. The molecular weight excluding hydrogens is 216 g/mol. The van der Waals surface area contributed by atoms with E-state index in [0.29, 0.717) is 6.04 Å². The first-order valence-electron chi connectivity index (χ1n) is 6.72. The van der Waals surface area contributed by atoms with Crippen molar-refractivity contribution in [3.05, 3.63) is 0 Å². The molecule has 1 aliphatic carbocycles. The smallest absolute Gasteiger partial charge is 0.239 e. The number of likely N-dealkylation sites (tertiary alicyclic amines) is 1. The fourth-order valence-corrected chi connectivity index (χ4v) is 2.60. The van der Waals surface area contributed by atoms with Crippen LogP contribution in [0.3, 0.4) is 0 Å². The van der Waals surface area contributed by atoms with Gasteiger partial charge in [0.05, 0.1) is 12.6 Å². The molecule has 2 rings (SSSR count). The fourth-order valence-electron chi connectivity index (χ4n) is 2.60. The summed E-state index contributed by atoms with van der Waals surface area (Å²) in [5, 5.41) is 12.7. The van der Waals surface area contributed by atoms with Gasteiger partial charge in [0.2, 0.25) is 5.91 Å². The first kappa shape index (κ1) is 12.8. The van der Waals surface area contributed by atoms with Gasteiger partial charge in [-0.3, -0.25) is 4.79 Å². The lowest BCUT2D eigenvalue weighted by Crippen LogP contribution is -2.53. The first-order valence-corrected chi connectivity index (χ1v) is 6.72. The highest BCUT2D eigenvalue weighted by molar-refractivity contribution is 5.82. The van der Waals surface area contributed by atoms with Crippen molar-refractivity contribution in [2.75, 3.05) is 19.7 Å². The number of carbonyl (C=O) groups is 1. The third-order valence-corrected chi connectivity index (χ3v) is 3.88. The van der Waals surface area contributed by atoms with Crippen LogP contribution in [0, 0.1) is 5.41 Å². The maximum absolute atomic E-state index is 12.3. The van der Waals surface area contributed by atoms with Gasteiger partial charge in [-0.05, 0) is 25.7 Å². The van der Waals surface area contributed by atoms with Crippen molar-refractivity contribution < 1.29 is 9.90 Å². The lowest BCUT2D eigenvalue weighted by atomic mass is 10.0. The van der Waals surface area contributed by atoms with E-state index in [1.807, 2.05) is 4.90 Å².